The van der Waals surface area contributed by atoms with Gasteiger partial charge in [-0.05, 0) is 18.2 Å². The zero-order chi connectivity index (χ0) is 12.5. The number of carbonyl (C=O) groups is 1. The van der Waals surface area contributed by atoms with Crippen molar-refractivity contribution in [1.82, 2.24) is 4.98 Å². The van der Waals surface area contributed by atoms with Gasteiger partial charge in [-0.25, -0.2) is 4.98 Å². The molecule has 0 saturated carbocycles. The van der Waals surface area contributed by atoms with E-state index < -0.39 is 0 Å². The van der Waals surface area contributed by atoms with Crippen LogP contribution in [0.5, 0.6) is 5.75 Å². The molecule has 0 spiro atoms. The highest BCUT2D eigenvalue weighted by atomic mass is 32.1. The number of nitrogens with zero attached hydrogens (tertiary/aromatic N) is 1. The fraction of sp³-hybridized carbons (Fsp3) is 0.167. The van der Waals surface area contributed by atoms with Crippen LogP contribution in [0.15, 0.2) is 23.6 Å². The second-order valence-corrected chi connectivity index (χ2v) is 4.82. The molecule has 6 heteroatoms. The number of nitrogens with one attached hydrogen (secondary N) is 1. The van der Waals surface area contributed by atoms with Crippen LogP contribution in [0.25, 0.3) is 11.3 Å². The van der Waals surface area contributed by atoms with Gasteiger partial charge < -0.3 is 15.8 Å². The molecular formula is C12H11N3O2S. The third-order valence-electron chi connectivity index (χ3n) is 2.66. The Kier molecular flexibility index (Phi) is 2.64. The van der Waals surface area contributed by atoms with Gasteiger partial charge in [0.15, 0.2) is 5.13 Å². The lowest BCUT2D eigenvalue weighted by molar-refractivity contribution is -0.116. The highest BCUT2D eigenvalue weighted by Crippen LogP contribution is 2.32. The number of fused-ring (bicyclic) bond motifs is 1. The van der Waals surface area contributed by atoms with Crippen LogP contribution < -0.4 is 15.8 Å². The molecule has 0 unspecified atom stereocenters. The Morgan fingerprint density at radius 1 is 1.44 bits per heavy atom. The summed E-state index contributed by atoms with van der Waals surface area (Å²) >= 11 is 1.39. The van der Waals surface area contributed by atoms with E-state index >= 15 is 0 Å². The van der Waals surface area contributed by atoms with Gasteiger partial charge in [0.05, 0.1) is 24.4 Å². The molecule has 2 aromatic rings. The Balaban J connectivity index is 2.02. The van der Waals surface area contributed by atoms with Gasteiger partial charge in [-0.3, -0.25) is 4.79 Å². The first-order chi connectivity index (χ1) is 8.72. The van der Waals surface area contributed by atoms with Crippen LogP contribution in [0, 0.1) is 0 Å². The van der Waals surface area contributed by atoms with Crippen molar-refractivity contribution >= 4 is 28.1 Å². The van der Waals surface area contributed by atoms with Gasteiger partial charge in [0, 0.05) is 10.9 Å². The minimum Gasteiger partial charge on any atom is -0.491 e. The van der Waals surface area contributed by atoms with Crippen molar-refractivity contribution in [2.75, 3.05) is 17.7 Å². The summed E-state index contributed by atoms with van der Waals surface area (Å²) in [4.78, 5) is 15.7. The second kappa shape index (κ2) is 4.30. The van der Waals surface area contributed by atoms with E-state index in [2.05, 4.69) is 10.3 Å². The highest BCUT2D eigenvalue weighted by molar-refractivity contribution is 7.13. The molecular weight excluding hydrogens is 250 g/mol. The second-order valence-electron chi connectivity index (χ2n) is 3.93. The minimum absolute atomic E-state index is 0.0382. The van der Waals surface area contributed by atoms with E-state index in [1.165, 1.54) is 11.3 Å². The van der Waals surface area contributed by atoms with Gasteiger partial charge >= 0.3 is 0 Å². The van der Waals surface area contributed by atoms with Crippen LogP contribution in [0.2, 0.25) is 0 Å². The number of carbonyl (C=O) groups excluding carboxylic acids is 1. The Morgan fingerprint density at radius 2 is 2.33 bits per heavy atom. The third kappa shape index (κ3) is 2.02. The number of thiazole rings is 1. The highest BCUT2D eigenvalue weighted by Gasteiger charge is 2.15. The molecule has 0 bridgehead atoms. The normalized spacial score (nSPS) is 14.3. The average molecular weight is 261 g/mol. The molecule has 1 aliphatic heterocycles. The molecule has 1 aliphatic rings. The topological polar surface area (TPSA) is 77.2 Å². The van der Waals surface area contributed by atoms with Crippen molar-refractivity contribution in [2.24, 2.45) is 0 Å². The van der Waals surface area contributed by atoms with Gasteiger partial charge in [0.2, 0.25) is 5.91 Å². The van der Waals surface area contributed by atoms with Gasteiger partial charge in [-0.2, -0.15) is 0 Å². The number of ether oxygens (including phenoxy) is 1. The summed E-state index contributed by atoms with van der Waals surface area (Å²) in [5.74, 6) is 0.650. The molecule has 1 aromatic carbocycles. The smallest absolute Gasteiger partial charge is 0.227 e. The lowest BCUT2D eigenvalue weighted by Gasteiger charge is -2.08. The first kappa shape index (κ1) is 11.0. The summed E-state index contributed by atoms with van der Waals surface area (Å²) in [5.41, 5.74) is 8.01. The molecule has 1 aromatic heterocycles. The molecule has 18 heavy (non-hydrogen) atoms. The largest absolute Gasteiger partial charge is 0.491 e. The number of amides is 1. The van der Waals surface area contributed by atoms with Gasteiger partial charge in [0.1, 0.15) is 5.75 Å². The fourth-order valence-electron chi connectivity index (χ4n) is 1.80. The predicted molar refractivity (Wildman–Crippen MR) is 70.7 cm³/mol. The van der Waals surface area contributed by atoms with E-state index in [1.54, 1.807) is 0 Å². The monoisotopic (exact) mass is 261 g/mol. The number of rotatable bonds is 1. The Morgan fingerprint density at radius 3 is 3.11 bits per heavy atom. The van der Waals surface area contributed by atoms with Crippen molar-refractivity contribution < 1.29 is 9.53 Å². The number of nitrogens with two attached hydrogens (primary N) is 1. The first-order valence-corrected chi connectivity index (χ1v) is 6.38. The van der Waals surface area contributed by atoms with E-state index in [0.29, 0.717) is 29.6 Å². The molecule has 0 aliphatic carbocycles. The van der Waals surface area contributed by atoms with Crippen LogP contribution >= 0.6 is 11.3 Å². The number of aromatic nitrogens is 1. The van der Waals surface area contributed by atoms with Gasteiger partial charge in [-0.1, -0.05) is 0 Å². The Hall–Kier alpha value is -2.08. The average Bonchev–Trinajstić information content (AvgIpc) is 2.69. The van der Waals surface area contributed by atoms with Crippen LogP contribution in [0.3, 0.4) is 0 Å². The summed E-state index contributed by atoms with van der Waals surface area (Å²) in [6.45, 7) is 0.405. The van der Waals surface area contributed by atoms with Crippen molar-refractivity contribution in [3.63, 3.8) is 0 Å². The minimum atomic E-state index is -0.0382. The maximum absolute atomic E-state index is 11.5. The molecule has 3 N–H and O–H groups in total. The summed E-state index contributed by atoms with van der Waals surface area (Å²) in [5, 5.41) is 5.23. The zero-order valence-corrected chi connectivity index (χ0v) is 10.3. The van der Waals surface area contributed by atoms with E-state index in [9.17, 15) is 4.79 Å². The van der Waals surface area contributed by atoms with E-state index in [-0.39, 0.29) is 5.91 Å². The molecule has 92 valence electrons. The molecule has 1 amide bonds. The number of hydrogen-bond donors (Lipinski definition) is 2. The van der Waals surface area contributed by atoms with Gasteiger partial charge in [0.25, 0.3) is 0 Å². The van der Waals surface area contributed by atoms with Crippen molar-refractivity contribution in [3.05, 3.63) is 23.6 Å². The van der Waals surface area contributed by atoms with E-state index in [4.69, 9.17) is 10.5 Å². The first-order valence-electron chi connectivity index (χ1n) is 5.50. The fourth-order valence-corrected chi connectivity index (χ4v) is 2.37. The summed E-state index contributed by atoms with van der Waals surface area (Å²) in [7, 11) is 0. The predicted octanol–water partition coefficient (Wildman–Crippen LogP) is 2.11. The lowest BCUT2D eigenvalue weighted by atomic mass is 10.1. The van der Waals surface area contributed by atoms with E-state index in [1.807, 2.05) is 23.6 Å². The quantitative estimate of drug-likeness (QED) is 0.824. The molecule has 0 saturated heterocycles. The summed E-state index contributed by atoms with van der Waals surface area (Å²) < 4.78 is 5.49. The molecule has 2 heterocycles. The maximum atomic E-state index is 11.5. The molecule has 3 rings (SSSR count). The summed E-state index contributed by atoms with van der Waals surface area (Å²) in [6.07, 6.45) is 0.369. The standard InChI is InChI=1S/C12H11N3O2S/c13-12-15-9(6-18-12)7-1-2-10-8(5-7)14-11(16)3-4-17-10/h1-2,5-6H,3-4H2,(H2,13,15)(H,14,16). The van der Waals surface area contributed by atoms with Crippen molar-refractivity contribution in [2.45, 2.75) is 6.42 Å². The number of anilines is 2. The lowest BCUT2D eigenvalue weighted by Crippen LogP contribution is -2.10. The SMILES string of the molecule is Nc1nc(-c2ccc3c(c2)NC(=O)CCO3)cs1. The maximum Gasteiger partial charge on any atom is 0.227 e. The number of benzene rings is 1. The van der Waals surface area contributed by atoms with Gasteiger partial charge in [-0.15, -0.1) is 11.3 Å². The number of hydrogen-bond acceptors (Lipinski definition) is 5. The van der Waals surface area contributed by atoms with Crippen LogP contribution in [-0.4, -0.2) is 17.5 Å². The Bertz CT molecular complexity index is 609. The van der Waals surface area contributed by atoms with E-state index in [0.717, 1.165) is 11.3 Å². The summed E-state index contributed by atoms with van der Waals surface area (Å²) in [6, 6.07) is 5.60. The molecule has 0 fully saturated rings. The van der Waals surface area contributed by atoms with Crippen molar-refractivity contribution in [1.29, 1.82) is 0 Å². The van der Waals surface area contributed by atoms with Crippen LogP contribution in [0.1, 0.15) is 6.42 Å². The Labute approximate surface area is 108 Å². The van der Waals surface area contributed by atoms with Crippen LogP contribution in [0.4, 0.5) is 10.8 Å². The molecule has 0 atom stereocenters. The van der Waals surface area contributed by atoms with Crippen molar-refractivity contribution in [3.8, 4) is 17.0 Å². The van der Waals surface area contributed by atoms with Crippen LogP contribution in [-0.2, 0) is 4.79 Å². The third-order valence-corrected chi connectivity index (χ3v) is 3.33. The zero-order valence-electron chi connectivity index (χ0n) is 9.47. The molecule has 5 nitrogen and oxygen atoms in total. The number of nitrogen functional groups attached to an aromatic ring is 1. The molecule has 0 radical (unpaired) electrons.